The summed E-state index contributed by atoms with van der Waals surface area (Å²) < 4.78 is 5.85. The van der Waals surface area contributed by atoms with Gasteiger partial charge in [0, 0.05) is 5.92 Å². The highest BCUT2D eigenvalue weighted by atomic mass is 16.6. The first-order valence-corrected chi connectivity index (χ1v) is 6.67. The van der Waals surface area contributed by atoms with E-state index < -0.39 is 0 Å². The molecule has 4 rings (SSSR count). The molecule has 4 aliphatic rings. The van der Waals surface area contributed by atoms with Gasteiger partial charge in [-0.15, -0.1) is 0 Å². The number of ether oxygens (including phenoxy) is 1. The molecular formula is C14H20O2. The van der Waals surface area contributed by atoms with Crippen molar-refractivity contribution >= 4 is 5.97 Å². The Bertz CT molecular complexity index is 345. The Hall–Kier alpha value is -0.790. The number of rotatable bonds is 1. The van der Waals surface area contributed by atoms with Crippen LogP contribution in [0.2, 0.25) is 0 Å². The second-order valence-corrected chi connectivity index (χ2v) is 5.53. The van der Waals surface area contributed by atoms with Crippen LogP contribution >= 0.6 is 0 Å². The molecule has 0 radical (unpaired) electrons. The molecule has 1 saturated carbocycles. The average Bonchev–Trinajstić information content (AvgIpc) is 2.62. The van der Waals surface area contributed by atoms with E-state index in [1.165, 1.54) is 12.8 Å². The number of carbonyl (C=O) groups is 1. The van der Waals surface area contributed by atoms with Gasteiger partial charge in [-0.2, -0.15) is 0 Å². The molecule has 3 atom stereocenters. The average molecular weight is 220 g/mol. The molecule has 0 aromatic heterocycles. The third kappa shape index (κ3) is 1.35. The van der Waals surface area contributed by atoms with Crippen LogP contribution in [0.5, 0.6) is 0 Å². The highest BCUT2D eigenvalue weighted by Crippen LogP contribution is 2.51. The summed E-state index contributed by atoms with van der Waals surface area (Å²) in [6.07, 6.45) is 10.1. The minimum absolute atomic E-state index is 0.0737. The maximum atomic E-state index is 11.9. The molecule has 2 fully saturated rings. The summed E-state index contributed by atoms with van der Waals surface area (Å²) >= 11 is 0. The van der Waals surface area contributed by atoms with Gasteiger partial charge < -0.3 is 4.74 Å². The van der Waals surface area contributed by atoms with E-state index in [2.05, 4.69) is 13.0 Å². The molecule has 2 heteroatoms. The van der Waals surface area contributed by atoms with E-state index in [4.69, 9.17) is 4.74 Å². The van der Waals surface area contributed by atoms with Crippen molar-refractivity contribution in [1.29, 1.82) is 0 Å². The predicted octanol–water partition coefficient (Wildman–Crippen LogP) is 3.22. The largest absolute Gasteiger partial charge is 0.458 e. The monoisotopic (exact) mass is 220 g/mol. The number of hydrogen-bond donors (Lipinski definition) is 0. The van der Waals surface area contributed by atoms with Crippen molar-refractivity contribution in [2.45, 2.75) is 57.5 Å². The lowest BCUT2D eigenvalue weighted by Crippen LogP contribution is -2.46. The van der Waals surface area contributed by atoms with Crippen molar-refractivity contribution in [2.24, 2.45) is 11.8 Å². The SMILES string of the molecule is CC/C1=C/C[C@H]2CC[C@]3(CCC[C@H]13)OC2=O. The van der Waals surface area contributed by atoms with Crippen LogP contribution < -0.4 is 0 Å². The highest BCUT2D eigenvalue weighted by molar-refractivity contribution is 5.74. The summed E-state index contributed by atoms with van der Waals surface area (Å²) in [7, 11) is 0. The Balaban J connectivity index is 2.02. The molecule has 2 aliphatic heterocycles. The molecule has 0 aromatic carbocycles. The Morgan fingerprint density at radius 1 is 1.44 bits per heavy atom. The van der Waals surface area contributed by atoms with Crippen molar-refractivity contribution in [1.82, 2.24) is 0 Å². The van der Waals surface area contributed by atoms with Crippen LogP contribution in [-0.4, -0.2) is 11.6 Å². The van der Waals surface area contributed by atoms with Crippen LogP contribution in [0.1, 0.15) is 51.9 Å². The molecule has 1 spiro atoms. The molecule has 2 aliphatic carbocycles. The van der Waals surface area contributed by atoms with Crippen molar-refractivity contribution in [3.05, 3.63) is 11.6 Å². The number of esters is 1. The Labute approximate surface area is 97.1 Å². The minimum atomic E-state index is -0.101. The van der Waals surface area contributed by atoms with Crippen LogP contribution in [0.15, 0.2) is 11.6 Å². The van der Waals surface area contributed by atoms with E-state index in [-0.39, 0.29) is 17.5 Å². The lowest BCUT2D eigenvalue weighted by molar-refractivity contribution is -0.179. The van der Waals surface area contributed by atoms with Gasteiger partial charge in [-0.3, -0.25) is 4.79 Å². The van der Waals surface area contributed by atoms with E-state index >= 15 is 0 Å². The van der Waals surface area contributed by atoms with Gasteiger partial charge in [-0.25, -0.2) is 0 Å². The molecule has 1 saturated heterocycles. The van der Waals surface area contributed by atoms with Gasteiger partial charge in [0.1, 0.15) is 5.60 Å². The first kappa shape index (κ1) is 10.4. The van der Waals surface area contributed by atoms with Crippen LogP contribution in [0, 0.1) is 11.8 Å². The van der Waals surface area contributed by atoms with E-state index in [9.17, 15) is 4.79 Å². The lowest BCUT2D eigenvalue weighted by Gasteiger charge is -2.43. The number of carbonyl (C=O) groups excluding carboxylic acids is 1. The normalized spacial score (nSPS) is 45.3. The van der Waals surface area contributed by atoms with Gasteiger partial charge in [0.15, 0.2) is 0 Å². The van der Waals surface area contributed by atoms with Gasteiger partial charge in [-0.05, 0) is 44.9 Å². The number of hydrogen-bond acceptors (Lipinski definition) is 2. The zero-order chi connectivity index (χ0) is 11.2. The summed E-state index contributed by atoms with van der Waals surface area (Å²) in [5.41, 5.74) is 1.45. The standard InChI is InChI=1S/C14H20O2/c1-2-10-5-6-11-7-9-14(16-13(11)15)8-3-4-12(10)14/h5,11-12H,2-4,6-9H2,1H3/b10-5-/t11-,12+,14-/m0/s1. The fourth-order valence-corrected chi connectivity index (χ4v) is 3.90. The summed E-state index contributed by atoms with van der Waals surface area (Å²) in [5, 5.41) is 0. The third-order valence-corrected chi connectivity index (χ3v) is 4.80. The molecule has 0 aromatic rings. The van der Waals surface area contributed by atoms with E-state index in [1.807, 2.05) is 0 Å². The van der Waals surface area contributed by atoms with Gasteiger partial charge in [0.2, 0.25) is 0 Å². The first-order valence-electron chi connectivity index (χ1n) is 6.67. The van der Waals surface area contributed by atoms with Crippen LogP contribution in [0.3, 0.4) is 0 Å². The van der Waals surface area contributed by atoms with Gasteiger partial charge in [0.25, 0.3) is 0 Å². The quantitative estimate of drug-likeness (QED) is 0.501. The molecule has 88 valence electrons. The molecule has 0 N–H and O–H groups in total. The number of fused-ring (bicyclic) bond motifs is 3. The number of allylic oxidation sites excluding steroid dienone is 1. The highest BCUT2D eigenvalue weighted by Gasteiger charge is 2.51. The fraction of sp³-hybridized carbons (Fsp3) is 0.786. The van der Waals surface area contributed by atoms with Gasteiger partial charge in [0.05, 0.1) is 5.92 Å². The van der Waals surface area contributed by atoms with Crippen molar-refractivity contribution in [3.63, 3.8) is 0 Å². The fourth-order valence-electron chi connectivity index (χ4n) is 3.90. The smallest absolute Gasteiger partial charge is 0.309 e. The lowest BCUT2D eigenvalue weighted by atomic mass is 9.73. The second-order valence-electron chi connectivity index (χ2n) is 5.53. The second kappa shape index (κ2) is 3.61. The Morgan fingerprint density at radius 3 is 3.06 bits per heavy atom. The molecule has 0 unspecified atom stereocenters. The topological polar surface area (TPSA) is 26.3 Å². The van der Waals surface area contributed by atoms with E-state index in [1.54, 1.807) is 5.57 Å². The molecule has 2 nitrogen and oxygen atoms in total. The van der Waals surface area contributed by atoms with Crippen LogP contribution in [-0.2, 0) is 9.53 Å². The molecule has 0 amide bonds. The summed E-state index contributed by atoms with van der Waals surface area (Å²) in [6.45, 7) is 2.23. The van der Waals surface area contributed by atoms with E-state index in [0.29, 0.717) is 5.92 Å². The zero-order valence-corrected chi connectivity index (χ0v) is 10.00. The van der Waals surface area contributed by atoms with Crippen LogP contribution in [0.25, 0.3) is 0 Å². The first-order chi connectivity index (χ1) is 7.75. The van der Waals surface area contributed by atoms with E-state index in [0.717, 1.165) is 32.1 Å². The van der Waals surface area contributed by atoms with Crippen molar-refractivity contribution < 1.29 is 9.53 Å². The van der Waals surface area contributed by atoms with Gasteiger partial charge >= 0.3 is 5.97 Å². The van der Waals surface area contributed by atoms with Crippen molar-refractivity contribution in [3.8, 4) is 0 Å². The molecule has 2 heterocycles. The summed E-state index contributed by atoms with van der Waals surface area (Å²) in [5.74, 6) is 0.751. The summed E-state index contributed by atoms with van der Waals surface area (Å²) in [4.78, 5) is 11.9. The maximum Gasteiger partial charge on any atom is 0.309 e. The van der Waals surface area contributed by atoms with Crippen LogP contribution in [0.4, 0.5) is 0 Å². The third-order valence-electron chi connectivity index (χ3n) is 4.80. The van der Waals surface area contributed by atoms with Crippen molar-refractivity contribution in [2.75, 3.05) is 0 Å². The zero-order valence-electron chi connectivity index (χ0n) is 10.00. The Morgan fingerprint density at radius 2 is 2.31 bits per heavy atom. The molecule has 16 heavy (non-hydrogen) atoms. The predicted molar refractivity (Wildman–Crippen MR) is 61.9 cm³/mol. The molecule has 2 bridgehead atoms. The minimum Gasteiger partial charge on any atom is -0.458 e. The summed E-state index contributed by atoms with van der Waals surface area (Å²) in [6, 6.07) is 0. The molecular weight excluding hydrogens is 200 g/mol. The maximum absolute atomic E-state index is 11.9. The Kier molecular flexibility index (Phi) is 2.34. The van der Waals surface area contributed by atoms with Gasteiger partial charge in [-0.1, -0.05) is 18.6 Å².